The third kappa shape index (κ3) is 8.36. The lowest BCUT2D eigenvalue weighted by atomic mass is 10.0. The number of nitrogens with zero attached hydrogens (tertiary/aromatic N) is 3. The maximum atomic E-state index is 5.77. The van der Waals surface area contributed by atoms with E-state index in [1.165, 1.54) is 5.56 Å². The molecule has 7 heteroatoms. The first-order valence-electron chi connectivity index (χ1n) is 9.35. The van der Waals surface area contributed by atoms with Crippen LogP contribution in [0.1, 0.15) is 31.2 Å². The van der Waals surface area contributed by atoms with Crippen LogP contribution in [0, 0.1) is 5.92 Å². The summed E-state index contributed by atoms with van der Waals surface area (Å²) in [6, 6.07) is 0. The molecule has 0 saturated carbocycles. The minimum absolute atomic E-state index is 0.677. The molecule has 25 heavy (non-hydrogen) atoms. The van der Waals surface area contributed by atoms with Crippen molar-refractivity contribution < 1.29 is 9.47 Å². The second kappa shape index (κ2) is 11.9. The molecule has 1 aromatic rings. The first-order valence-corrected chi connectivity index (χ1v) is 9.35. The van der Waals surface area contributed by atoms with E-state index < -0.39 is 0 Å². The number of aliphatic imine (C=N–C) groups is 1. The minimum Gasteiger partial charge on any atom is -0.381 e. The van der Waals surface area contributed by atoms with Crippen molar-refractivity contribution in [2.45, 2.75) is 32.1 Å². The molecule has 1 aromatic heterocycles. The molecular formula is C18H33N5O2. The predicted octanol–water partition coefficient (Wildman–Crippen LogP) is 1.35. The topological polar surface area (TPSA) is 72.7 Å². The number of ether oxygens (including phenoxy) is 2. The normalized spacial score (nSPS) is 16.2. The molecule has 0 spiro atoms. The van der Waals surface area contributed by atoms with Crippen LogP contribution in [0.15, 0.2) is 17.4 Å². The number of hydrogen-bond donors (Lipinski definition) is 2. The molecule has 1 fully saturated rings. The molecule has 0 amide bonds. The smallest absolute Gasteiger partial charge is 0.190 e. The van der Waals surface area contributed by atoms with Gasteiger partial charge in [0.05, 0.1) is 6.20 Å². The Bertz CT molecular complexity index is 497. The van der Waals surface area contributed by atoms with E-state index in [0.29, 0.717) is 5.92 Å². The summed E-state index contributed by atoms with van der Waals surface area (Å²) in [7, 11) is 3.75. The van der Waals surface area contributed by atoms with Crippen LogP contribution in [0.25, 0.3) is 0 Å². The maximum Gasteiger partial charge on any atom is 0.190 e. The number of aromatic nitrogens is 2. The Hall–Kier alpha value is -1.60. The predicted molar refractivity (Wildman–Crippen MR) is 99.9 cm³/mol. The summed E-state index contributed by atoms with van der Waals surface area (Å²) in [5.74, 6) is 1.53. The van der Waals surface area contributed by atoms with Crippen molar-refractivity contribution in [3.05, 3.63) is 18.0 Å². The summed E-state index contributed by atoms with van der Waals surface area (Å²) >= 11 is 0. The van der Waals surface area contributed by atoms with Gasteiger partial charge in [0.25, 0.3) is 0 Å². The fraction of sp³-hybridized carbons (Fsp3) is 0.778. The number of nitrogens with one attached hydrogen (secondary N) is 2. The van der Waals surface area contributed by atoms with Gasteiger partial charge in [0.1, 0.15) is 0 Å². The maximum absolute atomic E-state index is 5.77. The van der Waals surface area contributed by atoms with Crippen LogP contribution in [0.4, 0.5) is 0 Å². The highest BCUT2D eigenvalue weighted by Gasteiger charge is 2.13. The number of guanidine groups is 1. The van der Waals surface area contributed by atoms with Crippen molar-refractivity contribution in [3.8, 4) is 0 Å². The van der Waals surface area contributed by atoms with E-state index in [4.69, 9.17) is 9.47 Å². The first-order chi connectivity index (χ1) is 12.3. The van der Waals surface area contributed by atoms with Gasteiger partial charge >= 0.3 is 0 Å². The Balaban J connectivity index is 1.44. The van der Waals surface area contributed by atoms with Crippen LogP contribution in [-0.4, -0.2) is 62.3 Å². The average molecular weight is 351 g/mol. The molecule has 2 N–H and O–H groups in total. The number of aryl methyl sites for hydroxylation is 2. The Morgan fingerprint density at radius 2 is 2.08 bits per heavy atom. The van der Waals surface area contributed by atoms with Crippen LogP contribution in [0.3, 0.4) is 0 Å². The van der Waals surface area contributed by atoms with E-state index in [0.717, 1.165) is 77.6 Å². The molecule has 1 aliphatic rings. The lowest BCUT2D eigenvalue weighted by Crippen LogP contribution is -2.38. The van der Waals surface area contributed by atoms with E-state index >= 15 is 0 Å². The van der Waals surface area contributed by atoms with Crippen molar-refractivity contribution in [1.82, 2.24) is 20.4 Å². The third-order valence-electron chi connectivity index (χ3n) is 4.37. The second-order valence-electron chi connectivity index (χ2n) is 6.54. The second-order valence-corrected chi connectivity index (χ2v) is 6.54. The van der Waals surface area contributed by atoms with E-state index in [1.54, 1.807) is 7.05 Å². The van der Waals surface area contributed by atoms with Crippen LogP contribution >= 0.6 is 0 Å². The van der Waals surface area contributed by atoms with Crippen LogP contribution in [-0.2, 0) is 22.9 Å². The molecule has 1 aliphatic heterocycles. The van der Waals surface area contributed by atoms with Gasteiger partial charge in [0.2, 0.25) is 0 Å². The van der Waals surface area contributed by atoms with E-state index in [2.05, 4.69) is 26.9 Å². The zero-order valence-corrected chi connectivity index (χ0v) is 15.7. The van der Waals surface area contributed by atoms with Crippen molar-refractivity contribution in [2.24, 2.45) is 18.0 Å². The summed E-state index contributed by atoms with van der Waals surface area (Å²) < 4.78 is 13.0. The molecule has 1 saturated heterocycles. The standard InChI is InChI=1S/C18H33N5O2/c1-19-18(20-8-3-5-17-13-22-23(2)14-17)21-9-4-10-25-15-16-6-11-24-12-7-16/h13-14,16H,3-12,15H2,1-2H3,(H2,19,20,21). The van der Waals surface area contributed by atoms with Crippen LogP contribution in [0.5, 0.6) is 0 Å². The molecule has 142 valence electrons. The fourth-order valence-corrected chi connectivity index (χ4v) is 2.86. The van der Waals surface area contributed by atoms with Gasteiger partial charge in [-0.05, 0) is 43.6 Å². The van der Waals surface area contributed by atoms with Crippen LogP contribution in [0.2, 0.25) is 0 Å². The van der Waals surface area contributed by atoms with Crippen LogP contribution < -0.4 is 10.6 Å². The highest BCUT2D eigenvalue weighted by molar-refractivity contribution is 5.79. The van der Waals surface area contributed by atoms with E-state index in [-0.39, 0.29) is 0 Å². The molecule has 2 rings (SSSR count). The SMILES string of the molecule is CN=C(NCCCOCC1CCOCC1)NCCCc1cnn(C)c1. The van der Waals surface area contributed by atoms with Gasteiger partial charge < -0.3 is 20.1 Å². The summed E-state index contributed by atoms with van der Waals surface area (Å²) in [6.45, 7) is 5.20. The summed E-state index contributed by atoms with van der Waals surface area (Å²) in [6.07, 6.45) is 9.32. The van der Waals surface area contributed by atoms with Gasteiger partial charge in [0, 0.05) is 59.8 Å². The first kappa shape index (κ1) is 19.7. The van der Waals surface area contributed by atoms with Gasteiger partial charge in [-0.3, -0.25) is 9.67 Å². The average Bonchev–Trinajstić information content (AvgIpc) is 3.05. The minimum atomic E-state index is 0.677. The summed E-state index contributed by atoms with van der Waals surface area (Å²) in [5, 5.41) is 10.9. The van der Waals surface area contributed by atoms with Gasteiger partial charge in [-0.25, -0.2) is 0 Å². The fourth-order valence-electron chi connectivity index (χ4n) is 2.86. The Morgan fingerprint density at radius 3 is 2.76 bits per heavy atom. The summed E-state index contributed by atoms with van der Waals surface area (Å²) in [4.78, 5) is 4.25. The molecule has 0 bridgehead atoms. The van der Waals surface area contributed by atoms with Crippen molar-refractivity contribution in [2.75, 3.05) is 46.6 Å². The molecule has 0 aliphatic carbocycles. The van der Waals surface area contributed by atoms with E-state index in [1.807, 2.05) is 17.9 Å². The molecule has 0 atom stereocenters. The van der Waals surface area contributed by atoms with Gasteiger partial charge in [-0.1, -0.05) is 0 Å². The molecule has 0 unspecified atom stereocenters. The lowest BCUT2D eigenvalue weighted by Gasteiger charge is -2.21. The quantitative estimate of drug-likeness (QED) is 0.378. The number of rotatable bonds is 10. The number of hydrogen-bond acceptors (Lipinski definition) is 4. The molecular weight excluding hydrogens is 318 g/mol. The zero-order valence-electron chi connectivity index (χ0n) is 15.7. The Labute approximate surface area is 151 Å². The lowest BCUT2D eigenvalue weighted by molar-refractivity contribution is 0.0203. The Morgan fingerprint density at radius 1 is 1.32 bits per heavy atom. The van der Waals surface area contributed by atoms with Gasteiger partial charge in [0.15, 0.2) is 5.96 Å². The van der Waals surface area contributed by atoms with Gasteiger partial charge in [-0.2, -0.15) is 5.10 Å². The molecule has 2 heterocycles. The molecule has 0 aromatic carbocycles. The zero-order chi connectivity index (χ0) is 17.7. The van der Waals surface area contributed by atoms with Crippen molar-refractivity contribution >= 4 is 5.96 Å². The summed E-state index contributed by atoms with van der Waals surface area (Å²) in [5.41, 5.74) is 1.27. The third-order valence-corrected chi connectivity index (χ3v) is 4.37. The monoisotopic (exact) mass is 351 g/mol. The largest absolute Gasteiger partial charge is 0.381 e. The van der Waals surface area contributed by atoms with Crippen molar-refractivity contribution in [1.29, 1.82) is 0 Å². The molecule has 7 nitrogen and oxygen atoms in total. The highest BCUT2D eigenvalue weighted by atomic mass is 16.5. The Kier molecular flexibility index (Phi) is 9.36. The van der Waals surface area contributed by atoms with E-state index in [9.17, 15) is 0 Å². The molecule has 0 radical (unpaired) electrons. The highest BCUT2D eigenvalue weighted by Crippen LogP contribution is 2.14. The van der Waals surface area contributed by atoms with Gasteiger partial charge in [-0.15, -0.1) is 0 Å². The van der Waals surface area contributed by atoms with Crippen molar-refractivity contribution in [3.63, 3.8) is 0 Å².